The van der Waals surface area contributed by atoms with Gasteiger partial charge in [-0.05, 0) is 24.3 Å². The summed E-state index contributed by atoms with van der Waals surface area (Å²) in [6.45, 7) is 0.236. The largest absolute Gasteiger partial charge is 2.00 e. The van der Waals surface area contributed by atoms with Crippen LogP contribution < -0.4 is 30.2 Å². The molecule has 1 radical (unpaired) electrons. The molecule has 21 heteroatoms. The van der Waals surface area contributed by atoms with E-state index < -0.39 is 35.8 Å². The molecule has 18 N–H and O–H groups in total. The van der Waals surface area contributed by atoms with E-state index in [0.29, 0.717) is 21.2 Å². The first kappa shape index (κ1) is 58.0. The Kier molecular flexibility index (Phi) is 37.2. The molecule has 0 amide bonds. The van der Waals surface area contributed by atoms with Crippen molar-refractivity contribution >= 4 is 47.2 Å². The number of para-hydroxylation sites is 2. The maximum Gasteiger partial charge on any atom is 2.00 e. The maximum atomic E-state index is 11.0. The molecule has 0 spiro atoms. The van der Waals surface area contributed by atoms with Gasteiger partial charge in [0.15, 0.2) is 0 Å². The molecule has 273 valence electrons. The summed E-state index contributed by atoms with van der Waals surface area (Å²) >= 11 is 0. The monoisotopic (exact) mass is 733 g/mol. The number of aromatic carboxylic acids is 2. The zero-order valence-corrected chi connectivity index (χ0v) is 25.7. The van der Waals surface area contributed by atoms with Gasteiger partial charge in [-0.25, -0.2) is 0 Å². The molecule has 2 rings (SSSR count). The molecule has 0 aliphatic carbocycles. The SMILES string of the molecule is O.O.O.O.O=C([O-])CC[NH+](CCC(=O)O)c1ccccc1C(=O)[O-].O=C([O-])CC[NH+](CCC(=O)O)c1ccccc1C(=O)[O-].[Cu+2].[OH3+].[OH3+]. The summed E-state index contributed by atoms with van der Waals surface area (Å²) in [4.78, 5) is 65.3. The second-order valence-corrected chi connectivity index (χ2v) is 8.40. The average Bonchev–Trinajstić information content (AvgIpc) is 2.88. The van der Waals surface area contributed by atoms with Crippen molar-refractivity contribution in [3.63, 3.8) is 0 Å². The number of quaternary nitrogens is 2. The molecule has 0 fully saturated rings. The normalized spacial score (nSPS) is 10.0. The molecule has 0 aromatic heterocycles. The number of benzene rings is 2. The van der Waals surface area contributed by atoms with Crippen LogP contribution in [0.2, 0.25) is 0 Å². The number of carboxylic acids is 6. The zero-order chi connectivity index (χ0) is 30.2. The Morgan fingerprint density at radius 1 is 0.511 bits per heavy atom. The van der Waals surface area contributed by atoms with Crippen molar-refractivity contribution in [3.05, 3.63) is 59.7 Å². The molecule has 0 bridgehead atoms. The van der Waals surface area contributed by atoms with E-state index in [2.05, 4.69) is 0 Å². The van der Waals surface area contributed by atoms with Crippen LogP contribution in [0.15, 0.2) is 48.5 Å². The fraction of sp³-hybridized carbons (Fsp3) is 0.308. The average molecular weight is 734 g/mol. The Morgan fingerprint density at radius 2 is 0.766 bits per heavy atom. The predicted octanol–water partition coefficient (Wildman–Crippen LogP) is -10.8. The third kappa shape index (κ3) is 22.6. The molecule has 2 aromatic rings. The number of carbonyl (C=O) groups excluding carboxylic acids is 4. The van der Waals surface area contributed by atoms with E-state index in [-0.39, 0.29) is 113 Å². The van der Waals surface area contributed by atoms with Crippen LogP contribution in [-0.2, 0) is 47.2 Å². The van der Waals surface area contributed by atoms with Crippen molar-refractivity contribution in [1.29, 1.82) is 0 Å². The molecule has 0 heterocycles. The van der Waals surface area contributed by atoms with Gasteiger partial charge in [-0.3, -0.25) is 9.59 Å². The van der Waals surface area contributed by atoms with Gasteiger partial charge in [0.05, 0.1) is 62.1 Å². The Morgan fingerprint density at radius 3 is 1.00 bits per heavy atom. The first-order valence-corrected chi connectivity index (χ1v) is 12.0. The number of hydrogen-bond acceptors (Lipinski definition) is 10. The minimum absolute atomic E-state index is 0. The van der Waals surface area contributed by atoms with Gasteiger partial charge in [-0.15, -0.1) is 0 Å². The van der Waals surface area contributed by atoms with E-state index in [0.717, 1.165) is 0 Å². The van der Waals surface area contributed by atoms with E-state index in [1.165, 1.54) is 36.4 Å². The summed E-state index contributed by atoms with van der Waals surface area (Å²) in [5, 5.41) is 60.5. The van der Waals surface area contributed by atoms with Gasteiger partial charge in [-0.1, -0.05) is 24.3 Å². The van der Waals surface area contributed by atoms with Crippen LogP contribution in [0, 0.1) is 0 Å². The Hall–Kier alpha value is -4.54. The van der Waals surface area contributed by atoms with Crippen LogP contribution >= 0.6 is 0 Å². The Balaban J connectivity index is -0.000000119. The topological polar surface area (TPSA) is 436 Å². The number of aliphatic carboxylic acids is 4. The molecule has 2 unspecified atom stereocenters. The van der Waals surface area contributed by atoms with Crippen molar-refractivity contribution in [2.45, 2.75) is 25.7 Å². The van der Waals surface area contributed by atoms with E-state index in [1.54, 1.807) is 12.1 Å². The third-order valence-corrected chi connectivity index (χ3v) is 5.60. The fourth-order valence-electron chi connectivity index (χ4n) is 3.75. The van der Waals surface area contributed by atoms with Crippen LogP contribution in [-0.4, -0.2) is 94.1 Å². The molecular formula is C26H42CuN2O18+2. The molecule has 0 saturated carbocycles. The second kappa shape index (κ2) is 30.1. The fourth-order valence-corrected chi connectivity index (χ4v) is 3.75. The number of nitrogens with one attached hydrogen (secondary N) is 2. The molecule has 0 saturated heterocycles. The number of rotatable bonds is 16. The minimum Gasteiger partial charge on any atom is -0.550 e. The smallest absolute Gasteiger partial charge is 0.550 e. The molecule has 20 nitrogen and oxygen atoms in total. The molecule has 2 aromatic carbocycles. The van der Waals surface area contributed by atoms with Crippen molar-refractivity contribution in [2.24, 2.45) is 0 Å². The summed E-state index contributed by atoms with van der Waals surface area (Å²) in [5.41, 5.74) is 0.475. The quantitative estimate of drug-likeness (QED) is 0.0923. The van der Waals surface area contributed by atoms with Crippen molar-refractivity contribution < 1.29 is 119 Å². The van der Waals surface area contributed by atoms with E-state index >= 15 is 0 Å². The van der Waals surface area contributed by atoms with E-state index in [1.807, 2.05) is 0 Å². The molecule has 0 aliphatic rings. The molecule has 0 aliphatic heterocycles. The Bertz CT molecular complexity index is 1100. The van der Waals surface area contributed by atoms with Gasteiger partial charge >= 0.3 is 29.0 Å². The maximum absolute atomic E-state index is 11.0. The summed E-state index contributed by atoms with van der Waals surface area (Å²) in [7, 11) is 0. The van der Waals surface area contributed by atoms with Crippen LogP contribution in [0.5, 0.6) is 0 Å². The van der Waals surface area contributed by atoms with Crippen molar-refractivity contribution in [2.75, 3.05) is 26.2 Å². The van der Waals surface area contributed by atoms with Gasteiger partial charge in [0.2, 0.25) is 0 Å². The minimum atomic E-state index is -1.39. The molecule has 47 heavy (non-hydrogen) atoms. The zero-order valence-electron chi connectivity index (χ0n) is 24.7. The first-order chi connectivity index (χ1) is 18.8. The number of hydrogen-bond donors (Lipinski definition) is 4. The van der Waals surface area contributed by atoms with Gasteiger partial charge in [-0.2, -0.15) is 0 Å². The van der Waals surface area contributed by atoms with Crippen LogP contribution in [0.3, 0.4) is 0 Å². The van der Waals surface area contributed by atoms with Crippen LogP contribution in [0.4, 0.5) is 11.4 Å². The number of carboxylic acid groups (broad SMARTS) is 6. The Labute approximate surface area is 277 Å². The number of carbonyl (C=O) groups is 6. The third-order valence-electron chi connectivity index (χ3n) is 5.60. The van der Waals surface area contributed by atoms with E-state index in [9.17, 15) is 49.2 Å². The predicted molar refractivity (Wildman–Crippen MR) is 150 cm³/mol. The molecule has 2 atom stereocenters. The molecular weight excluding hydrogens is 692 g/mol. The summed E-state index contributed by atoms with van der Waals surface area (Å²) < 4.78 is 0. The van der Waals surface area contributed by atoms with E-state index in [4.69, 9.17) is 10.2 Å². The van der Waals surface area contributed by atoms with Crippen LogP contribution in [0.25, 0.3) is 0 Å². The second-order valence-electron chi connectivity index (χ2n) is 8.40. The van der Waals surface area contributed by atoms with Gasteiger partial charge in [0.1, 0.15) is 11.4 Å². The van der Waals surface area contributed by atoms with Crippen molar-refractivity contribution in [1.82, 2.24) is 0 Å². The van der Waals surface area contributed by atoms with Gasteiger partial charge in [0, 0.05) is 24.8 Å². The summed E-state index contributed by atoms with van der Waals surface area (Å²) in [6, 6.07) is 11.9. The summed E-state index contributed by atoms with van der Waals surface area (Å²) in [5.74, 6) is -7.40. The van der Waals surface area contributed by atoms with Gasteiger partial charge < -0.3 is 92.5 Å². The first-order valence-electron chi connectivity index (χ1n) is 12.0. The van der Waals surface area contributed by atoms with Gasteiger partial charge in [0.25, 0.3) is 0 Å². The summed E-state index contributed by atoms with van der Waals surface area (Å²) in [6.07, 6.45) is -1.000. The van der Waals surface area contributed by atoms with Crippen LogP contribution in [0.1, 0.15) is 46.4 Å². The van der Waals surface area contributed by atoms with Crippen molar-refractivity contribution in [3.8, 4) is 0 Å². The standard InChI is InChI=1S/2C13H15NO6.Cu.6H2O/c2*15-11(16)5-7-14(8-6-12(17)18)10-4-2-1-3-9(10)13(19)20;;;;;;;/h2*1-4H,5-8H2,(H,15,16)(H,17,18)(H,19,20);;6*1H2/q;;+2;;;;;;.